The van der Waals surface area contributed by atoms with Gasteiger partial charge in [0.2, 0.25) is 0 Å². The molecule has 0 amide bonds. The van der Waals surface area contributed by atoms with Gasteiger partial charge in [0, 0.05) is 31.7 Å². The Morgan fingerprint density at radius 1 is 1.20 bits per heavy atom. The molecule has 0 aromatic heterocycles. The zero-order chi connectivity index (χ0) is 17.9. The summed E-state index contributed by atoms with van der Waals surface area (Å²) in [5, 5.41) is 8.99. The van der Waals surface area contributed by atoms with Crippen molar-refractivity contribution in [3.8, 4) is 0 Å². The van der Waals surface area contributed by atoms with Gasteiger partial charge in [-0.3, -0.25) is 4.90 Å². The van der Waals surface area contributed by atoms with Crippen LogP contribution in [0.15, 0.2) is 24.3 Å². The highest BCUT2D eigenvalue weighted by atomic mass is 16.5. The van der Waals surface area contributed by atoms with Gasteiger partial charge in [0.25, 0.3) is 0 Å². The highest BCUT2D eigenvalue weighted by Crippen LogP contribution is 2.25. The van der Waals surface area contributed by atoms with Crippen molar-refractivity contribution < 1.29 is 14.6 Å². The van der Waals surface area contributed by atoms with E-state index in [1.807, 2.05) is 12.1 Å². The molecule has 0 bridgehead atoms. The number of aromatic carboxylic acids is 1. The number of carboxylic acid groups (broad SMARTS) is 1. The molecular weight excluding hydrogens is 316 g/mol. The van der Waals surface area contributed by atoms with Crippen LogP contribution in [0.4, 0.5) is 0 Å². The Morgan fingerprint density at radius 2 is 1.88 bits per heavy atom. The quantitative estimate of drug-likeness (QED) is 0.857. The van der Waals surface area contributed by atoms with Crippen LogP contribution >= 0.6 is 0 Å². The summed E-state index contributed by atoms with van der Waals surface area (Å²) in [6.07, 6.45) is 2.26. The highest BCUT2D eigenvalue weighted by Gasteiger charge is 2.33. The third kappa shape index (κ3) is 4.81. The van der Waals surface area contributed by atoms with Gasteiger partial charge in [-0.15, -0.1) is 0 Å². The van der Waals surface area contributed by atoms with E-state index in [-0.39, 0.29) is 5.54 Å². The summed E-state index contributed by atoms with van der Waals surface area (Å²) >= 11 is 0. The van der Waals surface area contributed by atoms with Crippen molar-refractivity contribution in [2.45, 2.75) is 32.2 Å². The van der Waals surface area contributed by atoms with Gasteiger partial charge in [0.05, 0.1) is 18.8 Å². The third-order valence-electron chi connectivity index (χ3n) is 5.57. The lowest BCUT2D eigenvalue weighted by Crippen LogP contribution is -2.55. The standard InChI is InChI=1S/C20H30N2O3/c1-20(2,22-9-11-25-12-10-22)15-21-8-7-17(14-21)13-16-3-5-18(6-4-16)19(23)24/h3-6,17H,7-15H2,1-2H3,(H,23,24). The second kappa shape index (κ2) is 7.85. The molecule has 1 atom stereocenters. The number of nitrogens with zero attached hydrogens (tertiary/aromatic N) is 2. The molecule has 2 aliphatic heterocycles. The van der Waals surface area contributed by atoms with Crippen LogP contribution in [-0.2, 0) is 11.2 Å². The Labute approximate surface area is 150 Å². The van der Waals surface area contributed by atoms with Crippen LogP contribution in [-0.4, -0.2) is 72.4 Å². The predicted octanol–water partition coefficient (Wildman–Crippen LogP) is 2.36. The zero-order valence-electron chi connectivity index (χ0n) is 15.4. The predicted molar refractivity (Wildman–Crippen MR) is 98.1 cm³/mol. The highest BCUT2D eigenvalue weighted by molar-refractivity contribution is 5.87. The molecular formula is C20H30N2O3. The molecule has 5 nitrogen and oxygen atoms in total. The van der Waals surface area contributed by atoms with E-state index in [1.165, 1.54) is 12.0 Å². The number of hydrogen-bond donors (Lipinski definition) is 1. The number of carboxylic acids is 1. The van der Waals surface area contributed by atoms with E-state index in [0.717, 1.165) is 52.4 Å². The molecule has 1 unspecified atom stereocenters. The first-order valence-corrected chi connectivity index (χ1v) is 9.31. The van der Waals surface area contributed by atoms with Crippen LogP contribution in [0.3, 0.4) is 0 Å². The van der Waals surface area contributed by atoms with Gasteiger partial charge in [0.1, 0.15) is 0 Å². The van der Waals surface area contributed by atoms with E-state index >= 15 is 0 Å². The maximum atomic E-state index is 10.9. The third-order valence-corrected chi connectivity index (χ3v) is 5.57. The van der Waals surface area contributed by atoms with E-state index in [4.69, 9.17) is 9.84 Å². The van der Waals surface area contributed by atoms with Crippen molar-refractivity contribution in [2.24, 2.45) is 5.92 Å². The molecule has 0 radical (unpaired) electrons. The second-order valence-electron chi connectivity index (χ2n) is 8.01. The lowest BCUT2D eigenvalue weighted by Gasteiger charge is -2.43. The molecule has 5 heteroatoms. The van der Waals surface area contributed by atoms with E-state index in [2.05, 4.69) is 23.6 Å². The molecule has 0 saturated carbocycles. The molecule has 2 aliphatic rings. The maximum absolute atomic E-state index is 10.9. The van der Waals surface area contributed by atoms with E-state index in [9.17, 15) is 4.79 Å². The summed E-state index contributed by atoms with van der Waals surface area (Å²) in [5.41, 5.74) is 1.79. The molecule has 1 aromatic carbocycles. The molecule has 25 heavy (non-hydrogen) atoms. The largest absolute Gasteiger partial charge is 0.478 e. The summed E-state index contributed by atoms with van der Waals surface area (Å²) in [7, 11) is 0. The summed E-state index contributed by atoms with van der Waals surface area (Å²) in [6, 6.07) is 7.35. The molecule has 2 fully saturated rings. The van der Waals surface area contributed by atoms with Gasteiger partial charge in [-0.05, 0) is 56.8 Å². The van der Waals surface area contributed by atoms with Crippen LogP contribution in [0.5, 0.6) is 0 Å². The van der Waals surface area contributed by atoms with Gasteiger partial charge in [0.15, 0.2) is 0 Å². The Morgan fingerprint density at radius 3 is 2.52 bits per heavy atom. The van der Waals surface area contributed by atoms with E-state index in [0.29, 0.717) is 11.5 Å². The van der Waals surface area contributed by atoms with Crippen molar-refractivity contribution in [3.63, 3.8) is 0 Å². The minimum Gasteiger partial charge on any atom is -0.478 e. The number of likely N-dealkylation sites (tertiary alicyclic amines) is 1. The van der Waals surface area contributed by atoms with Crippen molar-refractivity contribution in [2.75, 3.05) is 45.9 Å². The molecule has 2 saturated heterocycles. The van der Waals surface area contributed by atoms with Gasteiger partial charge in [-0.2, -0.15) is 0 Å². The fourth-order valence-electron chi connectivity index (χ4n) is 4.16. The summed E-state index contributed by atoms with van der Waals surface area (Å²) in [4.78, 5) is 16.1. The van der Waals surface area contributed by atoms with Gasteiger partial charge in [-0.25, -0.2) is 4.79 Å². The number of carbonyl (C=O) groups is 1. The average molecular weight is 346 g/mol. The van der Waals surface area contributed by atoms with Crippen LogP contribution in [0.2, 0.25) is 0 Å². The van der Waals surface area contributed by atoms with Gasteiger partial charge in [-0.1, -0.05) is 12.1 Å². The first kappa shape index (κ1) is 18.4. The molecule has 0 spiro atoms. The Bertz CT molecular complexity index is 579. The van der Waals surface area contributed by atoms with Crippen molar-refractivity contribution in [1.82, 2.24) is 9.80 Å². The monoisotopic (exact) mass is 346 g/mol. The number of rotatable bonds is 6. The van der Waals surface area contributed by atoms with Crippen molar-refractivity contribution >= 4 is 5.97 Å². The lowest BCUT2D eigenvalue weighted by atomic mass is 9.97. The van der Waals surface area contributed by atoms with Crippen molar-refractivity contribution in [1.29, 1.82) is 0 Å². The number of hydrogen-bond acceptors (Lipinski definition) is 4. The average Bonchev–Trinajstić information content (AvgIpc) is 3.02. The van der Waals surface area contributed by atoms with Crippen LogP contribution in [0.1, 0.15) is 36.2 Å². The van der Waals surface area contributed by atoms with Crippen molar-refractivity contribution in [3.05, 3.63) is 35.4 Å². The Balaban J connectivity index is 1.50. The fourth-order valence-corrected chi connectivity index (χ4v) is 4.16. The minimum absolute atomic E-state index is 0.182. The number of benzene rings is 1. The van der Waals surface area contributed by atoms with E-state index in [1.54, 1.807) is 12.1 Å². The first-order valence-electron chi connectivity index (χ1n) is 9.31. The summed E-state index contributed by atoms with van der Waals surface area (Å²) < 4.78 is 5.48. The van der Waals surface area contributed by atoms with Crippen LogP contribution in [0, 0.1) is 5.92 Å². The molecule has 0 aliphatic carbocycles. The molecule has 1 aromatic rings. The summed E-state index contributed by atoms with van der Waals surface area (Å²) in [5.74, 6) is -0.194. The normalized spacial score (nSPS) is 23.0. The maximum Gasteiger partial charge on any atom is 0.335 e. The number of morpholine rings is 1. The Hall–Kier alpha value is -1.43. The van der Waals surface area contributed by atoms with Crippen LogP contribution in [0.25, 0.3) is 0 Å². The Kier molecular flexibility index (Phi) is 5.77. The minimum atomic E-state index is -0.857. The summed E-state index contributed by atoms with van der Waals surface area (Å²) in [6.45, 7) is 11.8. The molecule has 1 N–H and O–H groups in total. The van der Waals surface area contributed by atoms with Crippen LogP contribution < -0.4 is 0 Å². The molecule has 2 heterocycles. The topological polar surface area (TPSA) is 53.0 Å². The lowest BCUT2D eigenvalue weighted by molar-refractivity contribution is -0.0198. The smallest absolute Gasteiger partial charge is 0.335 e. The molecule has 3 rings (SSSR count). The first-order chi connectivity index (χ1) is 11.9. The SMILES string of the molecule is CC(C)(CN1CCC(Cc2ccc(C(=O)O)cc2)C1)N1CCOCC1. The van der Waals surface area contributed by atoms with E-state index < -0.39 is 5.97 Å². The zero-order valence-corrected chi connectivity index (χ0v) is 15.4. The number of ether oxygens (including phenoxy) is 1. The molecule has 138 valence electrons. The fraction of sp³-hybridized carbons (Fsp3) is 0.650. The van der Waals surface area contributed by atoms with Gasteiger partial charge >= 0.3 is 5.97 Å². The second-order valence-corrected chi connectivity index (χ2v) is 8.01. The van der Waals surface area contributed by atoms with Gasteiger partial charge < -0.3 is 14.7 Å².